The molecule has 0 N–H and O–H groups in total. The van der Waals surface area contributed by atoms with Crippen LogP contribution < -0.4 is 9.47 Å². The Labute approximate surface area is 277 Å². The van der Waals surface area contributed by atoms with E-state index in [1.807, 2.05) is 30.1 Å². The van der Waals surface area contributed by atoms with Crippen molar-refractivity contribution in [3.63, 3.8) is 0 Å². The number of carbonyl (C=O) groups is 3. The summed E-state index contributed by atoms with van der Waals surface area (Å²) >= 11 is 0. The van der Waals surface area contributed by atoms with Crippen LogP contribution in [0, 0.1) is 6.92 Å². The summed E-state index contributed by atoms with van der Waals surface area (Å²) in [4.78, 5) is 43.5. The molecular formula is C39H44N2O6. The fourth-order valence-corrected chi connectivity index (χ4v) is 9.33. The van der Waals surface area contributed by atoms with Crippen molar-refractivity contribution in [3.8, 4) is 11.5 Å². The van der Waals surface area contributed by atoms with Crippen molar-refractivity contribution < 1.29 is 28.6 Å². The van der Waals surface area contributed by atoms with E-state index in [4.69, 9.17) is 14.2 Å². The summed E-state index contributed by atoms with van der Waals surface area (Å²) < 4.78 is 19.3. The first-order valence-corrected chi connectivity index (χ1v) is 16.9. The zero-order valence-corrected chi connectivity index (χ0v) is 27.8. The zero-order chi connectivity index (χ0) is 32.9. The number of hydrogen-bond donors (Lipinski definition) is 0. The molecule has 1 saturated carbocycles. The van der Waals surface area contributed by atoms with Crippen molar-refractivity contribution in [3.05, 3.63) is 94.5 Å². The minimum Gasteiger partial charge on any atom is -0.483 e. The lowest BCUT2D eigenvalue weighted by Gasteiger charge is -2.65. The van der Waals surface area contributed by atoms with Gasteiger partial charge in [-0.1, -0.05) is 66.2 Å². The number of ether oxygens (including phenoxy) is 3. The normalized spacial score (nSPS) is 26.9. The van der Waals surface area contributed by atoms with Gasteiger partial charge in [-0.2, -0.15) is 0 Å². The van der Waals surface area contributed by atoms with Gasteiger partial charge in [0, 0.05) is 39.4 Å². The van der Waals surface area contributed by atoms with Crippen LogP contribution in [-0.2, 0) is 43.8 Å². The Kier molecular flexibility index (Phi) is 8.11. The van der Waals surface area contributed by atoms with Crippen LogP contribution in [0.2, 0.25) is 0 Å². The summed E-state index contributed by atoms with van der Waals surface area (Å²) in [5.74, 6) is 0.261. The Morgan fingerprint density at radius 2 is 1.74 bits per heavy atom. The molecule has 0 radical (unpaired) electrons. The van der Waals surface area contributed by atoms with Gasteiger partial charge in [-0.15, -0.1) is 0 Å². The molecule has 246 valence electrons. The van der Waals surface area contributed by atoms with E-state index in [0.29, 0.717) is 50.0 Å². The highest BCUT2D eigenvalue weighted by atomic mass is 16.6. The zero-order valence-electron chi connectivity index (χ0n) is 27.8. The van der Waals surface area contributed by atoms with Crippen LogP contribution in [-0.4, -0.2) is 71.6 Å². The van der Waals surface area contributed by atoms with E-state index >= 15 is 0 Å². The van der Waals surface area contributed by atoms with Crippen molar-refractivity contribution in [2.45, 2.75) is 94.9 Å². The molecule has 1 amide bonds. The third kappa shape index (κ3) is 5.21. The fraction of sp³-hybridized carbons (Fsp3) is 0.462. The lowest BCUT2D eigenvalue weighted by atomic mass is 9.48. The SMILES string of the molecule is CC(=O)Oc1ccc2c3c1OC1C(N(C)C(=O)CCc4cccc(C)c4)CC[C@@]4(OC(C)=O)[C@@H](C2)N(CCc2ccccc2)CC[C@]314. The number of hydrogen-bond acceptors (Lipinski definition) is 7. The highest BCUT2D eigenvalue weighted by molar-refractivity contribution is 5.77. The minimum absolute atomic E-state index is 0.0561. The topological polar surface area (TPSA) is 85.4 Å². The largest absolute Gasteiger partial charge is 0.483 e. The van der Waals surface area contributed by atoms with Crippen LogP contribution in [0.3, 0.4) is 0 Å². The van der Waals surface area contributed by atoms with Crippen molar-refractivity contribution in [1.82, 2.24) is 9.80 Å². The van der Waals surface area contributed by atoms with Gasteiger partial charge < -0.3 is 19.1 Å². The Bertz CT molecular complexity index is 1710. The molecule has 47 heavy (non-hydrogen) atoms. The van der Waals surface area contributed by atoms with E-state index in [2.05, 4.69) is 60.4 Å². The summed E-state index contributed by atoms with van der Waals surface area (Å²) in [6.07, 6.45) is 4.10. The first-order chi connectivity index (χ1) is 22.6. The van der Waals surface area contributed by atoms with Crippen LogP contribution in [0.25, 0.3) is 0 Å². The molecule has 2 aliphatic heterocycles. The molecule has 2 aliphatic carbocycles. The fourth-order valence-electron chi connectivity index (χ4n) is 9.33. The summed E-state index contributed by atoms with van der Waals surface area (Å²) in [5, 5.41) is 0. The van der Waals surface area contributed by atoms with E-state index in [1.54, 1.807) is 0 Å². The Balaban J connectivity index is 1.27. The number of nitrogens with zero attached hydrogens (tertiary/aromatic N) is 2. The first kappa shape index (κ1) is 31.4. The van der Waals surface area contributed by atoms with Crippen molar-refractivity contribution in [2.24, 2.45) is 0 Å². The molecule has 1 spiro atoms. The van der Waals surface area contributed by atoms with E-state index < -0.39 is 23.1 Å². The maximum atomic E-state index is 13.8. The van der Waals surface area contributed by atoms with Gasteiger partial charge in [0.05, 0.1) is 17.5 Å². The lowest BCUT2D eigenvalue weighted by Crippen LogP contribution is -2.79. The predicted molar refractivity (Wildman–Crippen MR) is 177 cm³/mol. The maximum absolute atomic E-state index is 13.8. The van der Waals surface area contributed by atoms with Crippen molar-refractivity contribution in [1.29, 1.82) is 0 Å². The van der Waals surface area contributed by atoms with E-state index in [0.717, 1.165) is 36.2 Å². The Morgan fingerprint density at radius 3 is 2.49 bits per heavy atom. The van der Waals surface area contributed by atoms with Gasteiger partial charge in [0.2, 0.25) is 5.91 Å². The lowest BCUT2D eigenvalue weighted by molar-refractivity contribution is -0.223. The molecule has 8 nitrogen and oxygen atoms in total. The number of likely N-dealkylation sites (N-methyl/N-ethyl adjacent to an activating group) is 1. The van der Waals surface area contributed by atoms with Crippen LogP contribution in [0.15, 0.2) is 66.7 Å². The third-order valence-electron chi connectivity index (χ3n) is 11.2. The number of piperidine rings is 1. The number of amides is 1. The summed E-state index contributed by atoms with van der Waals surface area (Å²) in [7, 11) is 1.88. The molecule has 2 heterocycles. The van der Waals surface area contributed by atoms with E-state index in [1.165, 1.54) is 25.0 Å². The average molecular weight is 637 g/mol. The maximum Gasteiger partial charge on any atom is 0.308 e. The summed E-state index contributed by atoms with van der Waals surface area (Å²) in [6.45, 7) is 6.59. The van der Waals surface area contributed by atoms with Gasteiger partial charge in [0.25, 0.3) is 0 Å². The van der Waals surface area contributed by atoms with Gasteiger partial charge >= 0.3 is 11.9 Å². The highest BCUT2D eigenvalue weighted by Crippen LogP contribution is 2.67. The van der Waals surface area contributed by atoms with Crippen LogP contribution in [0.1, 0.15) is 67.3 Å². The molecule has 4 aliphatic rings. The molecule has 3 aromatic rings. The number of esters is 2. The monoisotopic (exact) mass is 636 g/mol. The molecule has 2 fully saturated rings. The van der Waals surface area contributed by atoms with Crippen molar-refractivity contribution >= 4 is 17.8 Å². The quantitative estimate of drug-likeness (QED) is 0.231. The average Bonchev–Trinajstić information content (AvgIpc) is 3.39. The number of benzene rings is 3. The standard InChI is InChI=1S/C39H44N2O6/c1-25-9-8-12-29(23-25)13-16-34(44)40(4)31-17-19-39(47-27(3)43)33-24-30-14-15-32(45-26(2)42)36-35(30)38(39,37(31)46-36)20-22-41(33)21-18-28-10-6-5-7-11-28/h5-12,14-15,23,31,33,37H,13,16-22,24H2,1-4H3/t31?,33-,37?,38+,39-/m1/s1. The predicted octanol–water partition coefficient (Wildman–Crippen LogP) is 5.35. The van der Waals surface area contributed by atoms with Crippen LogP contribution in [0.4, 0.5) is 0 Å². The molecule has 3 aromatic carbocycles. The molecule has 5 atom stereocenters. The molecule has 8 heteroatoms. The van der Waals surface area contributed by atoms with Gasteiger partial charge in [0.1, 0.15) is 11.7 Å². The van der Waals surface area contributed by atoms with Crippen molar-refractivity contribution in [2.75, 3.05) is 20.1 Å². The van der Waals surface area contributed by atoms with Gasteiger partial charge in [-0.3, -0.25) is 19.3 Å². The second kappa shape index (κ2) is 12.1. The summed E-state index contributed by atoms with van der Waals surface area (Å²) in [6, 6.07) is 22.3. The second-order valence-corrected chi connectivity index (χ2v) is 13.9. The molecule has 2 unspecified atom stereocenters. The van der Waals surface area contributed by atoms with Gasteiger partial charge in [-0.05, 0) is 74.8 Å². The van der Waals surface area contributed by atoms with Gasteiger partial charge in [-0.25, -0.2) is 0 Å². The van der Waals surface area contributed by atoms with E-state index in [9.17, 15) is 14.4 Å². The Hall–Kier alpha value is -4.17. The number of carbonyl (C=O) groups excluding carboxylic acids is 3. The molecule has 0 aromatic heterocycles. The number of rotatable bonds is 9. The van der Waals surface area contributed by atoms with E-state index in [-0.39, 0.29) is 24.0 Å². The molecule has 1 saturated heterocycles. The number of aryl methyl sites for hydroxylation is 2. The Morgan fingerprint density at radius 1 is 0.957 bits per heavy atom. The molecule has 2 bridgehead atoms. The molecular weight excluding hydrogens is 592 g/mol. The first-order valence-electron chi connectivity index (χ1n) is 16.9. The van der Waals surface area contributed by atoms with Crippen LogP contribution >= 0.6 is 0 Å². The molecule has 7 rings (SSSR count). The smallest absolute Gasteiger partial charge is 0.308 e. The highest BCUT2D eigenvalue weighted by Gasteiger charge is 2.75. The summed E-state index contributed by atoms with van der Waals surface area (Å²) in [5.41, 5.74) is 4.16. The van der Waals surface area contributed by atoms with Crippen LogP contribution in [0.5, 0.6) is 11.5 Å². The second-order valence-electron chi connectivity index (χ2n) is 13.9. The number of likely N-dealkylation sites (tertiary alicyclic amines) is 1. The third-order valence-corrected chi connectivity index (χ3v) is 11.2. The van der Waals surface area contributed by atoms with Gasteiger partial charge in [0.15, 0.2) is 11.5 Å². The minimum atomic E-state index is -0.854.